The third-order valence-electron chi connectivity index (χ3n) is 4.54. The summed E-state index contributed by atoms with van der Waals surface area (Å²) < 4.78 is 25.3. The minimum absolute atomic E-state index is 0. The normalized spacial score (nSPS) is 17.2. The van der Waals surface area contributed by atoms with Crippen molar-refractivity contribution in [1.82, 2.24) is 0 Å². The monoisotopic (exact) mass is 435 g/mol. The molecule has 2 aliphatic heterocycles. The second kappa shape index (κ2) is 8.46. The lowest BCUT2D eigenvalue weighted by Crippen LogP contribution is -2.27. The van der Waals surface area contributed by atoms with Gasteiger partial charge in [0.1, 0.15) is 17.7 Å². The molecule has 30 heavy (non-hydrogen) atoms. The number of aliphatic imine (C=N–C) groups is 1. The molecule has 0 bridgehead atoms. The Morgan fingerprint density at radius 3 is 2.77 bits per heavy atom. The molecule has 1 fully saturated rings. The van der Waals surface area contributed by atoms with Crippen molar-refractivity contribution in [2.24, 2.45) is 16.5 Å². The molecular formula is C19H19ClFN5O4. The van der Waals surface area contributed by atoms with Gasteiger partial charge in [-0.25, -0.2) is 14.2 Å². The van der Waals surface area contributed by atoms with Gasteiger partial charge in [-0.15, -0.1) is 12.4 Å². The summed E-state index contributed by atoms with van der Waals surface area (Å²) in [4.78, 5) is 28.8. The average molecular weight is 436 g/mol. The highest BCUT2D eigenvalue weighted by Crippen LogP contribution is 2.35. The SMILES string of the molecule is Cl.NC(N)=NC[C@H]1CN(c2ccc(-c3ccc4c(c3)NC(=O)CO4)c(F)c2)C(=O)O1. The number of amides is 2. The number of anilines is 2. The van der Waals surface area contributed by atoms with Crippen LogP contribution in [0.5, 0.6) is 5.75 Å². The Morgan fingerprint density at radius 1 is 1.23 bits per heavy atom. The van der Waals surface area contributed by atoms with Crippen molar-refractivity contribution in [3.8, 4) is 16.9 Å². The van der Waals surface area contributed by atoms with E-state index in [-0.39, 0.29) is 44.0 Å². The van der Waals surface area contributed by atoms with Crippen molar-refractivity contribution in [3.63, 3.8) is 0 Å². The standard InChI is InChI=1S/C19H18FN5O4.ClH/c20-14-6-11(25-8-12(29-19(25)27)7-23-18(21)22)2-3-13(14)10-1-4-16-15(5-10)24-17(26)9-28-16;/h1-6,12H,7-9H2,(H,24,26)(H4,21,22,23);1H/t12-;/m0./s1. The van der Waals surface area contributed by atoms with E-state index in [9.17, 15) is 14.0 Å². The first-order valence-electron chi connectivity index (χ1n) is 8.81. The fourth-order valence-corrected chi connectivity index (χ4v) is 3.19. The largest absolute Gasteiger partial charge is 0.482 e. The number of nitrogens with one attached hydrogen (secondary N) is 1. The van der Waals surface area contributed by atoms with Gasteiger partial charge in [-0.1, -0.05) is 6.07 Å². The van der Waals surface area contributed by atoms with Gasteiger partial charge in [-0.2, -0.15) is 0 Å². The van der Waals surface area contributed by atoms with Crippen LogP contribution in [0.4, 0.5) is 20.6 Å². The zero-order valence-electron chi connectivity index (χ0n) is 15.6. The molecular weight excluding hydrogens is 417 g/mol. The second-order valence-electron chi connectivity index (χ2n) is 6.59. The van der Waals surface area contributed by atoms with Crippen LogP contribution in [0.2, 0.25) is 0 Å². The van der Waals surface area contributed by atoms with Crippen LogP contribution < -0.4 is 26.4 Å². The lowest BCUT2D eigenvalue weighted by molar-refractivity contribution is -0.118. The van der Waals surface area contributed by atoms with Gasteiger partial charge in [0.15, 0.2) is 12.6 Å². The van der Waals surface area contributed by atoms with Gasteiger partial charge in [0.2, 0.25) is 0 Å². The number of carbonyl (C=O) groups is 2. The summed E-state index contributed by atoms with van der Waals surface area (Å²) in [6.45, 7) is 0.288. The number of nitrogens with zero attached hydrogens (tertiary/aromatic N) is 2. The van der Waals surface area contributed by atoms with Gasteiger partial charge in [-0.05, 0) is 35.9 Å². The van der Waals surface area contributed by atoms with Gasteiger partial charge in [0.25, 0.3) is 5.91 Å². The number of halogens is 2. The molecule has 0 radical (unpaired) electrons. The molecule has 2 amide bonds. The van der Waals surface area contributed by atoms with Crippen LogP contribution in [0.3, 0.4) is 0 Å². The molecule has 2 aromatic carbocycles. The maximum atomic E-state index is 14.8. The molecule has 4 rings (SSSR count). The number of nitrogens with two attached hydrogens (primary N) is 2. The molecule has 0 aromatic heterocycles. The predicted octanol–water partition coefficient (Wildman–Crippen LogP) is 1.84. The summed E-state index contributed by atoms with van der Waals surface area (Å²) >= 11 is 0. The highest BCUT2D eigenvalue weighted by Gasteiger charge is 2.32. The Labute approximate surface area is 177 Å². The Hall–Kier alpha value is -3.53. The Bertz CT molecular complexity index is 1030. The summed E-state index contributed by atoms with van der Waals surface area (Å²) in [5.74, 6) is -0.363. The topological polar surface area (TPSA) is 132 Å². The fraction of sp³-hybridized carbons (Fsp3) is 0.211. The maximum absolute atomic E-state index is 14.8. The van der Waals surface area contributed by atoms with Crippen LogP contribution >= 0.6 is 12.4 Å². The number of carbonyl (C=O) groups excluding carboxylic acids is 2. The molecule has 1 atom stereocenters. The zero-order chi connectivity index (χ0) is 20.5. The molecule has 5 N–H and O–H groups in total. The van der Waals surface area contributed by atoms with Gasteiger partial charge >= 0.3 is 6.09 Å². The van der Waals surface area contributed by atoms with Crippen LogP contribution in [0, 0.1) is 5.82 Å². The predicted molar refractivity (Wildman–Crippen MR) is 112 cm³/mol. The van der Waals surface area contributed by atoms with Crippen LogP contribution in [-0.2, 0) is 9.53 Å². The molecule has 9 nitrogen and oxygen atoms in total. The number of ether oxygens (including phenoxy) is 2. The lowest BCUT2D eigenvalue weighted by atomic mass is 10.0. The minimum Gasteiger partial charge on any atom is -0.482 e. The van der Waals surface area contributed by atoms with E-state index in [1.54, 1.807) is 30.3 Å². The van der Waals surface area contributed by atoms with E-state index in [4.69, 9.17) is 20.9 Å². The molecule has 2 aliphatic rings. The molecule has 0 saturated carbocycles. The van der Waals surface area contributed by atoms with Gasteiger partial charge < -0.3 is 26.3 Å². The van der Waals surface area contributed by atoms with Crippen molar-refractivity contribution in [2.75, 3.05) is 29.9 Å². The molecule has 2 aromatic rings. The van der Waals surface area contributed by atoms with Gasteiger partial charge in [0.05, 0.1) is 24.5 Å². The van der Waals surface area contributed by atoms with E-state index in [2.05, 4.69) is 10.3 Å². The molecule has 1 saturated heterocycles. The molecule has 11 heteroatoms. The van der Waals surface area contributed by atoms with Crippen molar-refractivity contribution in [1.29, 1.82) is 0 Å². The first-order valence-corrected chi connectivity index (χ1v) is 8.81. The maximum Gasteiger partial charge on any atom is 0.414 e. The smallest absolute Gasteiger partial charge is 0.414 e. The Balaban J connectivity index is 0.00000256. The highest BCUT2D eigenvalue weighted by atomic mass is 35.5. The zero-order valence-corrected chi connectivity index (χ0v) is 16.4. The summed E-state index contributed by atoms with van der Waals surface area (Å²) in [6.07, 6.45) is -1.11. The molecule has 0 spiro atoms. The minimum atomic E-state index is -0.596. The van der Waals surface area contributed by atoms with E-state index in [1.807, 2.05) is 0 Å². The number of hydrogen-bond donors (Lipinski definition) is 3. The van der Waals surface area contributed by atoms with Crippen molar-refractivity contribution in [2.45, 2.75) is 6.10 Å². The summed E-state index contributed by atoms with van der Waals surface area (Å²) in [6, 6.07) is 9.45. The molecule has 2 heterocycles. The summed E-state index contributed by atoms with van der Waals surface area (Å²) in [5, 5.41) is 2.69. The number of rotatable bonds is 4. The van der Waals surface area contributed by atoms with Gasteiger partial charge in [-0.3, -0.25) is 9.69 Å². The molecule has 0 unspecified atom stereocenters. The Morgan fingerprint density at radius 2 is 2.03 bits per heavy atom. The van der Waals surface area contributed by atoms with Crippen LogP contribution in [0.25, 0.3) is 11.1 Å². The van der Waals surface area contributed by atoms with Crippen molar-refractivity contribution >= 4 is 41.7 Å². The van der Waals surface area contributed by atoms with Crippen LogP contribution in [0.1, 0.15) is 0 Å². The quantitative estimate of drug-likeness (QED) is 0.496. The van der Waals surface area contributed by atoms with Crippen LogP contribution in [0.15, 0.2) is 41.4 Å². The number of hydrogen-bond acceptors (Lipinski definition) is 5. The molecule has 158 valence electrons. The second-order valence-corrected chi connectivity index (χ2v) is 6.59. The Kier molecular flexibility index (Phi) is 5.97. The first kappa shape index (κ1) is 21.2. The van der Waals surface area contributed by atoms with Crippen LogP contribution in [-0.4, -0.2) is 43.8 Å². The number of cyclic esters (lactones) is 1. The summed E-state index contributed by atoms with van der Waals surface area (Å²) in [5.41, 5.74) is 12.3. The number of fused-ring (bicyclic) bond motifs is 1. The summed E-state index contributed by atoms with van der Waals surface area (Å²) in [7, 11) is 0. The molecule has 0 aliphatic carbocycles. The van der Waals surface area contributed by atoms with Crippen molar-refractivity contribution < 1.29 is 23.5 Å². The number of guanidine groups is 1. The number of benzene rings is 2. The van der Waals surface area contributed by atoms with E-state index in [1.165, 1.54) is 11.0 Å². The first-order chi connectivity index (χ1) is 13.9. The fourth-order valence-electron chi connectivity index (χ4n) is 3.19. The third kappa shape index (κ3) is 4.23. The van der Waals surface area contributed by atoms with Gasteiger partial charge in [0, 0.05) is 5.56 Å². The van der Waals surface area contributed by atoms with E-state index < -0.39 is 18.0 Å². The van der Waals surface area contributed by atoms with E-state index in [0.29, 0.717) is 28.3 Å². The van der Waals surface area contributed by atoms with E-state index >= 15 is 0 Å². The third-order valence-corrected chi connectivity index (χ3v) is 4.54. The lowest BCUT2D eigenvalue weighted by Gasteiger charge is -2.19. The average Bonchev–Trinajstić information content (AvgIpc) is 3.06. The highest BCUT2D eigenvalue weighted by molar-refractivity contribution is 5.96. The van der Waals surface area contributed by atoms with Crippen molar-refractivity contribution in [3.05, 3.63) is 42.2 Å². The van der Waals surface area contributed by atoms with E-state index in [0.717, 1.165) is 0 Å².